The summed E-state index contributed by atoms with van der Waals surface area (Å²) in [5, 5.41) is 0. The van der Waals surface area contributed by atoms with Crippen LogP contribution in [0.2, 0.25) is 0 Å². The maximum absolute atomic E-state index is 4.40. The fourth-order valence-corrected chi connectivity index (χ4v) is 2.56. The van der Waals surface area contributed by atoms with Gasteiger partial charge in [0, 0.05) is 16.2 Å². The molecule has 0 spiro atoms. The van der Waals surface area contributed by atoms with Gasteiger partial charge in [-0.25, -0.2) is 0 Å². The lowest BCUT2D eigenvalue weighted by atomic mass is 10.0. The molecule has 0 aliphatic heterocycles. The molecule has 92 valence electrons. The zero-order valence-corrected chi connectivity index (χ0v) is 11.8. The lowest BCUT2D eigenvalue weighted by Gasteiger charge is -2.07. The van der Waals surface area contributed by atoms with E-state index in [2.05, 4.69) is 63.4 Å². The lowest BCUT2D eigenvalue weighted by Crippen LogP contribution is -1.84. The summed E-state index contributed by atoms with van der Waals surface area (Å²) in [4.78, 5) is 4.40. The predicted octanol–water partition coefficient (Wildman–Crippen LogP) is 5.18. The number of hydrogen-bond acceptors (Lipinski definition) is 1. The number of benzene rings is 2. The van der Waals surface area contributed by atoms with E-state index < -0.39 is 0 Å². The second-order valence-electron chi connectivity index (χ2n) is 4.31. The highest BCUT2D eigenvalue weighted by atomic mass is 79.9. The summed E-state index contributed by atoms with van der Waals surface area (Å²) in [7, 11) is 0. The van der Waals surface area contributed by atoms with Crippen molar-refractivity contribution in [2.45, 2.75) is 0 Å². The van der Waals surface area contributed by atoms with Crippen molar-refractivity contribution in [2.24, 2.45) is 0 Å². The molecule has 0 atom stereocenters. The molecule has 0 unspecified atom stereocenters. The SMILES string of the molecule is Brc1cc(-c2ccccc2)cc(-c2ccccn2)c1. The number of pyridine rings is 1. The van der Waals surface area contributed by atoms with Gasteiger partial charge in [-0.05, 0) is 41.5 Å². The van der Waals surface area contributed by atoms with Crippen LogP contribution < -0.4 is 0 Å². The molecule has 0 saturated carbocycles. The van der Waals surface area contributed by atoms with Gasteiger partial charge in [0.2, 0.25) is 0 Å². The Labute approximate surface area is 121 Å². The van der Waals surface area contributed by atoms with Gasteiger partial charge in [-0.15, -0.1) is 0 Å². The van der Waals surface area contributed by atoms with Crippen LogP contribution in [-0.4, -0.2) is 4.98 Å². The second kappa shape index (κ2) is 5.37. The predicted molar refractivity (Wildman–Crippen MR) is 82.8 cm³/mol. The van der Waals surface area contributed by atoms with E-state index in [0.29, 0.717) is 0 Å². The van der Waals surface area contributed by atoms with E-state index in [1.54, 1.807) is 0 Å². The highest BCUT2D eigenvalue weighted by Crippen LogP contribution is 2.29. The van der Waals surface area contributed by atoms with Crippen LogP contribution in [0.15, 0.2) is 77.4 Å². The molecule has 0 bridgehead atoms. The molecule has 0 N–H and O–H groups in total. The molecule has 1 heterocycles. The third-order valence-electron chi connectivity index (χ3n) is 2.97. The molecule has 19 heavy (non-hydrogen) atoms. The van der Waals surface area contributed by atoms with Crippen molar-refractivity contribution in [1.82, 2.24) is 4.98 Å². The first-order valence-corrected chi connectivity index (χ1v) is 6.90. The van der Waals surface area contributed by atoms with Crippen LogP contribution in [0.4, 0.5) is 0 Å². The minimum atomic E-state index is 0.987. The summed E-state index contributed by atoms with van der Waals surface area (Å²) in [6, 6.07) is 22.7. The van der Waals surface area contributed by atoms with Crippen molar-refractivity contribution in [3.8, 4) is 22.4 Å². The van der Waals surface area contributed by atoms with E-state index >= 15 is 0 Å². The van der Waals surface area contributed by atoms with Gasteiger partial charge in [-0.2, -0.15) is 0 Å². The monoisotopic (exact) mass is 309 g/mol. The molecule has 2 aromatic carbocycles. The van der Waals surface area contributed by atoms with E-state index in [0.717, 1.165) is 15.7 Å². The van der Waals surface area contributed by atoms with Crippen molar-refractivity contribution in [2.75, 3.05) is 0 Å². The van der Waals surface area contributed by atoms with Crippen molar-refractivity contribution in [1.29, 1.82) is 0 Å². The Morgan fingerprint density at radius 3 is 2.16 bits per heavy atom. The van der Waals surface area contributed by atoms with Gasteiger partial charge in [-0.1, -0.05) is 52.3 Å². The van der Waals surface area contributed by atoms with Gasteiger partial charge in [-0.3, -0.25) is 4.98 Å². The maximum atomic E-state index is 4.40. The fourth-order valence-electron chi connectivity index (χ4n) is 2.07. The van der Waals surface area contributed by atoms with Crippen molar-refractivity contribution < 1.29 is 0 Å². The number of nitrogens with zero attached hydrogens (tertiary/aromatic N) is 1. The van der Waals surface area contributed by atoms with Crippen LogP contribution in [0.25, 0.3) is 22.4 Å². The van der Waals surface area contributed by atoms with E-state index in [4.69, 9.17) is 0 Å². The molecule has 3 rings (SSSR count). The number of aromatic nitrogens is 1. The van der Waals surface area contributed by atoms with Crippen LogP contribution in [0.3, 0.4) is 0 Å². The third-order valence-corrected chi connectivity index (χ3v) is 3.42. The van der Waals surface area contributed by atoms with Gasteiger partial charge >= 0.3 is 0 Å². The smallest absolute Gasteiger partial charge is 0.0702 e. The molecule has 0 amide bonds. The van der Waals surface area contributed by atoms with Gasteiger partial charge < -0.3 is 0 Å². The molecule has 0 saturated heterocycles. The Morgan fingerprint density at radius 2 is 1.42 bits per heavy atom. The minimum absolute atomic E-state index is 0.987. The fraction of sp³-hybridized carbons (Fsp3) is 0. The molecule has 1 nitrogen and oxygen atoms in total. The molecule has 0 aliphatic carbocycles. The Bertz CT molecular complexity index is 620. The standard InChI is InChI=1S/C17H12BrN/c18-16-11-14(13-6-2-1-3-7-13)10-15(12-16)17-8-4-5-9-19-17/h1-12H. The number of rotatable bonds is 2. The molecule has 0 aliphatic rings. The Morgan fingerprint density at radius 1 is 0.684 bits per heavy atom. The molecule has 0 fully saturated rings. The van der Waals surface area contributed by atoms with Crippen LogP contribution in [-0.2, 0) is 0 Å². The molecule has 3 aromatic rings. The van der Waals surface area contributed by atoms with E-state index in [9.17, 15) is 0 Å². The average Bonchev–Trinajstić information content (AvgIpc) is 2.48. The Hall–Kier alpha value is -1.93. The van der Waals surface area contributed by atoms with Crippen LogP contribution >= 0.6 is 15.9 Å². The lowest BCUT2D eigenvalue weighted by molar-refractivity contribution is 1.32. The molecule has 1 aromatic heterocycles. The number of halogens is 1. The van der Waals surface area contributed by atoms with Crippen LogP contribution in [0, 0.1) is 0 Å². The summed E-state index contributed by atoms with van der Waals surface area (Å²) in [5.41, 5.74) is 4.51. The second-order valence-corrected chi connectivity index (χ2v) is 5.23. The van der Waals surface area contributed by atoms with Gasteiger partial charge in [0.25, 0.3) is 0 Å². The van der Waals surface area contributed by atoms with Crippen molar-refractivity contribution >= 4 is 15.9 Å². The van der Waals surface area contributed by atoms with Gasteiger partial charge in [0.05, 0.1) is 5.69 Å². The first-order chi connectivity index (χ1) is 9.33. The van der Waals surface area contributed by atoms with Crippen molar-refractivity contribution in [3.05, 3.63) is 77.4 Å². The maximum Gasteiger partial charge on any atom is 0.0702 e. The topological polar surface area (TPSA) is 12.9 Å². The normalized spacial score (nSPS) is 10.4. The highest BCUT2D eigenvalue weighted by Gasteiger charge is 2.04. The molecule has 0 radical (unpaired) electrons. The Balaban J connectivity index is 2.12. The largest absolute Gasteiger partial charge is 0.256 e. The number of hydrogen-bond donors (Lipinski definition) is 0. The molecule has 2 heteroatoms. The highest BCUT2D eigenvalue weighted by molar-refractivity contribution is 9.10. The van der Waals surface area contributed by atoms with Gasteiger partial charge in [0.15, 0.2) is 0 Å². The summed E-state index contributed by atoms with van der Waals surface area (Å²) < 4.78 is 1.06. The molecular weight excluding hydrogens is 298 g/mol. The van der Waals surface area contributed by atoms with Crippen LogP contribution in [0.1, 0.15) is 0 Å². The summed E-state index contributed by atoms with van der Waals surface area (Å²) in [5.74, 6) is 0. The van der Waals surface area contributed by atoms with E-state index in [1.807, 2.05) is 30.5 Å². The summed E-state index contributed by atoms with van der Waals surface area (Å²) in [6.07, 6.45) is 1.82. The summed E-state index contributed by atoms with van der Waals surface area (Å²) >= 11 is 3.58. The first-order valence-electron chi connectivity index (χ1n) is 6.10. The first kappa shape index (κ1) is 12.1. The van der Waals surface area contributed by atoms with Crippen molar-refractivity contribution in [3.63, 3.8) is 0 Å². The zero-order chi connectivity index (χ0) is 13.1. The molecular formula is C17H12BrN. The Kier molecular flexibility index (Phi) is 3.43. The third kappa shape index (κ3) is 2.74. The zero-order valence-electron chi connectivity index (χ0n) is 10.3. The quantitative estimate of drug-likeness (QED) is 0.635. The van der Waals surface area contributed by atoms with E-state index in [1.165, 1.54) is 11.1 Å². The summed E-state index contributed by atoms with van der Waals surface area (Å²) in [6.45, 7) is 0. The average molecular weight is 310 g/mol. The van der Waals surface area contributed by atoms with Gasteiger partial charge in [0.1, 0.15) is 0 Å². The minimum Gasteiger partial charge on any atom is -0.256 e. The van der Waals surface area contributed by atoms with Crippen LogP contribution in [0.5, 0.6) is 0 Å². The van der Waals surface area contributed by atoms with E-state index in [-0.39, 0.29) is 0 Å².